The highest BCUT2D eigenvalue weighted by atomic mass is 16.2. The van der Waals surface area contributed by atoms with Gasteiger partial charge in [0.2, 0.25) is 0 Å². The lowest BCUT2D eigenvalue weighted by Crippen LogP contribution is -2.29. The predicted molar refractivity (Wildman–Crippen MR) is 57.4 cm³/mol. The van der Waals surface area contributed by atoms with Gasteiger partial charge in [-0.25, -0.2) is 4.79 Å². The van der Waals surface area contributed by atoms with Crippen LogP contribution >= 0.6 is 0 Å². The van der Waals surface area contributed by atoms with Gasteiger partial charge in [0.15, 0.2) is 5.84 Å². The zero-order valence-electron chi connectivity index (χ0n) is 8.16. The number of nitrogens with one attached hydrogen (secondary N) is 2. The number of carbonyl (C=O) groups excluding carboxylic acids is 1. The van der Waals surface area contributed by atoms with E-state index >= 15 is 0 Å². The first-order valence-corrected chi connectivity index (χ1v) is 4.59. The van der Waals surface area contributed by atoms with Gasteiger partial charge in [0.1, 0.15) is 0 Å². The van der Waals surface area contributed by atoms with E-state index in [4.69, 9.17) is 5.41 Å². The van der Waals surface area contributed by atoms with Crippen LogP contribution in [0, 0.1) is 5.41 Å². The van der Waals surface area contributed by atoms with Crippen LogP contribution in [0.25, 0.3) is 0 Å². The Hall–Kier alpha value is -2.10. The van der Waals surface area contributed by atoms with Crippen molar-refractivity contribution in [2.24, 2.45) is 0 Å². The third-order valence-corrected chi connectivity index (χ3v) is 2.24. The highest BCUT2D eigenvalue weighted by Crippen LogP contribution is 2.12. The number of amides is 2. The zero-order valence-corrected chi connectivity index (χ0v) is 8.16. The van der Waals surface area contributed by atoms with Gasteiger partial charge in [-0.2, -0.15) is 0 Å². The molecule has 0 radical (unpaired) electrons. The molecule has 1 aromatic carbocycles. The van der Waals surface area contributed by atoms with Gasteiger partial charge in [0.05, 0.1) is 12.2 Å². The van der Waals surface area contributed by atoms with Gasteiger partial charge in [0, 0.05) is 0 Å². The fraction of sp³-hybridized carbons (Fsp3) is 0.0909. The van der Waals surface area contributed by atoms with E-state index in [9.17, 15) is 4.79 Å². The van der Waals surface area contributed by atoms with Gasteiger partial charge >= 0.3 is 6.03 Å². The lowest BCUT2D eigenvalue weighted by atomic mass is 10.2. The monoisotopic (exact) mass is 201 g/mol. The fourth-order valence-electron chi connectivity index (χ4n) is 1.44. The first-order chi connectivity index (χ1) is 7.18. The second-order valence-electron chi connectivity index (χ2n) is 3.33. The smallest absolute Gasteiger partial charge is 0.305 e. The van der Waals surface area contributed by atoms with Crippen LogP contribution in [0.15, 0.2) is 42.6 Å². The van der Waals surface area contributed by atoms with Gasteiger partial charge < -0.3 is 5.32 Å². The van der Waals surface area contributed by atoms with Gasteiger partial charge in [-0.1, -0.05) is 36.9 Å². The lowest BCUT2D eigenvalue weighted by Gasteiger charge is -2.13. The molecule has 2 amide bonds. The molecule has 1 aromatic rings. The molecule has 0 unspecified atom stereocenters. The minimum Gasteiger partial charge on any atom is -0.305 e. The minimum atomic E-state index is -0.283. The minimum absolute atomic E-state index is 0.142. The van der Waals surface area contributed by atoms with Crippen molar-refractivity contribution in [3.63, 3.8) is 0 Å². The van der Waals surface area contributed by atoms with E-state index in [0.29, 0.717) is 12.2 Å². The number of hydrogen-bond acceptors (Lipinski definition) is 2. The summed E-state index contributed by atoms with van der Waals surface area (Å²) in [6.07, 6.45) is 0. The summed E-state index contributed by atoms with van der Waals surface area (Å²) in [6, 6.07) is 9.28. The van der Waals surface area contributed by atoms with Crippen molar-refractivity contribution in [1.82, 2.24) is 10.2 Å². The Morgan fingerprint density at radius 2 is 2.00 bits per heavy atom. The molecule has 0 atom stereocenters. The second kappa shape index (κ2) is 3.57. The highest BCUT2D eigenvalue weighted by Gasteiger charge is 2.28. The molecular formula is C11H11N3O. The molecule has 1 aliphatic heterocycles. The summed E-state index contributed by atoms with van der Waals surface area (Å²) in [5, 5.41) is 10.1. The van der Waals surface area contributed by atoms with Crippen LogP contribution < -0.4 is 5.32 Å². The van der Waals surface area contributed by atoms with E-state index in [1.54, 1.807) is 0 Å². The summed E-state index contributed by atoms with van der Waals surface area (Å²) in [5.74, 6) is 0.142. The van der Waals surface area contributed by atoms with Crippen molar-refractivity contribution < 1.29 is 4.79 Å². The Morgan fingerprint density at radius 1 is 1.33 bits per heavy atom. The van der Waals surface area contributed by atoms with Crippen molar-refractivity contribution in [2.45, 2.75) is 6.54 Å². The Morgan fingerprint density at radius 3 is 2.53 bits per heavy atom. The van der Waals surface area contributed by atoms with Gasteiger partial charge in [-0.3, -0.25) is 10.3 Å². The third kappa shape index (κ3) is 1.74. The average Bonchev–Trinajstić information content (AvgIpc) is 2.47. The molecule has 15 heavy (non-hydrogen) atoms. The molecule has 4 nitrogen and oxygen atoms in total. The molecule has 1 fully saturated rings. The normalized spacial score (nSPS) is 15.7. The number of amidine groups is 1. The van der Waals surface area contributed by atoms with E-state index in [1.165, 1.54) is 4.90 Å². The Balaban J connectivity index is 2.16. The van der Waals surface area contributed by atoms with Crippen LogP contribution in [-0.2, 0) is 6.54 Å². The molecule has 0 bridgehead atoms. The van der Waals surface area contributed by atoms with E-state index < -0.39 is 0 Å². The number of carbonyl (C=O) groups is 1. The summed E-state index contributed by atoms with van der Waals surface area (Å²) in [4.78, 5) is 12.8. The predicted octanol–water partition coefficient (Wildman–Crippen LogP) is 1.70. The Bertz CT molecular complexity index is 425. The lowest BCUT2D eigenvalue weighted by molar-refractivity contribution is 0.227. The number of nitrogens with zero attached hydrogens (tertiary/aromatic N) is 1. The summed E-state index contributed by atoms with van der Waals surface area (Å²) in [7, 11) is 0. The van der Waals surface area contributed by atoms with Gasteiger partial charge in [-0.15, -0.1) is 0 Å². The maximum Gasteiger partial charge on any atom is 0.327 e. The van der Waals surface area contributed by atoms with E-state index in [1.807, 2.05) is 30.3 Å². The molecular weight excluding hydrogens is 190 g/mol. The molecule has 0 aliphatic carbocycles. The Labute approximate surface area is 87.7 Å². The van der Waals surface area contributed by atoms with Crippen LogP contribution in [-0.4, -0.2) is 16.8 Å². The molecule has 1 heterocycles. The maximum absolute atomic E-state index is 11.4. The van der Waals surface area contributed by atoms with Crippen LogP contribution in [0.2, 0.25) is 0 Å². The largest absolute Gasteiger partial charge is 0.327 e. The topological polar surface area (TPSA) is 56.2 Å². The van der Waals surface area contributed by atoms with Crippen molar-refractivity contribution in [2.75, 3.05) is 0 Å². The average molecular weight is 201 g/mol. The number of hydrogen-bond donors (Lipinski definition) is 2. The van der Waals surface area contributed by atoms with Crippen LogP contribution in [0.4, 0.5) is 4.79 Å². The molecule has 1 saturated heterocycles. The van der Waals surface area contributed by atoms with Crippen LogP contribution in [0.3, 0.4) is 0 Å². The van der Waals surface area contributed by atoms with Gasteiger partial charge in [-0.05, 0) is 5.56 Å². The SMILES string of the molecule is C=C1NC(=O)N(Cc2ccccc2)C1=N. The van der Waals surface area contributed by atoms with E-state index in [0.717, 1.165) is 5.56 Å². The van der Waals surface area contributed by atoms with Crippen LogP contribution in [0.5, 0.6) is 0 Å². The Kier molecular flexibility index (Phi) is 2.25. The summed E-state index contributed by atoms with van der Waals surface area (Å²) < 4.78 is 0. The molecule has 0 aromatic heterocycles. The van der Waals surface area contributed by atoms with Crippen molar-refractivity contribution in [3.8, 4) is 0 Å². The molecule has 0 saturated carbocycles. The summed E-state index contributed by atoms with van der Waals surface area (Å²) >= 11 is 0. The molecule has 76 valence electrons. The third-order valence-electron chi connectivity index (χ3n) is 2.24. The fourth-order valence-corrected chi connectivity index (χ4v) is 1.44. The number of benzene rings is 1. The summed E-state index contributed by atoms with van der Waals surface area (Å²) in [6.45, 7) is 3.99. The van der Waals surface area contributed by atoms with Crippen molar-refractivity contribution in [3.05, 3.63) is 48.2 Å². The van der Waals surface area contributed by atoms with Crippen molar-refractivity contribution in [1.29, 1.82) is 5.41 Å². The van der Waals surface area contributed by atoms with Gasteiger partial charge in [0.25, 0.3) is 0 Å². The first kappa shape index (κ1) is 9.45. The molecule has 2 rings (SSSR count). The molecule has 0 spiro atoms. The van der Waals surface area contributed by atoms with E-state index in [2.05, 4.69) is 11.9 Å². The standard InChI is InChI=1S/C11H11N3O/c1-8-10(12)14(11(15)13-8)7-9-5-3-2-4-6-9/h2-6,12H,1,7H2,(H,13,15). The van der Waals surface area contributed by atoms with Crippen LogP contribution in [0.1, 0.15) is 5.56 Å². The zero-order chi connectivity index (χ0) is 10.8. The second-order valence-corrected chi connectivity index (χ2v) is 3.33. The number of urea groups is 1. The highest BCUT2D eigenvalue weighted by molar-refractivity contribution is 6.12. The summed E-state index contributed by atoms with van der Waals surface area (Å²) in [5.41, 5.74) is 1.35. The quantitative estimate of drug-likeness (QED) is 0.751. The number of rotatable bonds is 2. The first-order valence-electron chi connectivity index (χ1n) is 4.59. The van der Waals surface area contributed by atoms with E-state index in [-0.39, 0.29) is 11.9 Å². The van der Waals surface area contributed by atoms with Crippen molar-refractivity contribution >= 4 is 11.9 Å². The maximum atomic E-state index is 11.4. The molecule has 1 aliphatic rings. The molecule has 2 N–H and O–H groups in total. The molecule has 4 heteroatoms.